The van der Waals surface area contributed by atoms with E-state index in [2.05, 4.69) is 4.98 Å². The Morgan fingerprint density at radius 2 is 2.05 bits per heavy atom. The van der Waals surface area contributed by atoms with E-state index in [-0.39, 0.29) is 5.75 Å². The SMILES string of the molecule is COc1cc(-n2c(N)nc3cccc(C)c32)ccc1F. The minimum absolute atomic E-state index is 0.178. The van der Waals surface area contributed by atoms with Crippen molar-refractivity contribution in [3.8, 4) is 11.4 Å². The van der Waals surface area contributed by atoms with Crippen LogP contribution in [-0.4, -0.2) is 16.7 Å². The topological polar surface area (TPSA) is 53.1 Å². The van der Waals surface area contributed by atoms with Crippen LogP contribution in [0, 0.1) is 12.7 Å². The number of hydrogen-bond acceptors (Lipinski definition) is 3. The van der Waals surface area contributed by atoms with Crippen LogP contribution in [0.1, 0.15) is 5.56 Å². The fraction of sp³-hybridized carbons (Fsp3) is 0.133. The molecule has 0 bridgehead atoms. The lowest BCUT2D eigenvalue weighted by atomic mass is 10.2. The molecule has 0 unspecified atom stereocenters. The van der Waals surface area contributed by atoms with E-state index >= 15 is 0 Å². The number of fused-ring (bicyclic) bond motifs is 1. The lowest BCUT2D eigenvalue weighted by Crippen LogP contribution is -2.02. The molecule has 2 N–H and O–H groups in total. The highest BCUT2D eigenvalue weighted by molar-refractivity contribution is 5.83. The van der Waals surface area contributed by atoms with Crippen molar-refractivity contribution >= 4 is 17.0 Å². The smallest absolute Gasteiger partial charge is 0.205 e. The van der Waals surface area contributed by atoms with Gasteiger partial charge in [0.1, 0.15) is 0 Å². The van der Waals surface area contributed by atoms with Gasteiger partial charge in [-0.05, 0) is 30.7 Å². The van der Waals surface area contributed by atoms with Crippen LogP contribution in [0.3, 0.4) is 0 Å². The Hall–Kier alpha value is -2.56. The molecule has 4 nitrogen and oxygen atoms in total. The van der Waals surface area contributed by atoms with Crippen LogP contribution in [-0.2, 0) is 0 Å². The summed E-state index contributed by atoms with van der Waals surface area (Å²) in [5.74, 6) is 0.135. The monoisotopic (exact) mass is 271 g/mol. The Morgan fingerprint density at radius 1 is 1.25 bits per heavy atom. The van der Waals surface area contributed by atoms with E-state index in [4.69, 9.17) is 10.5 Å². The summed E-state index contributed by atoms with van der Waals surface area (Å²) < 4.78 is 20.3. The molecule has 20 heavy (non-hydrogen) atoms. The zero-order chi connectivity index (χ0) is 14.3. The van der Waals surface area contributed by atoms with Gasteiger partial charge in [0.2, 0.25) is 5.95 Å². The molecule has 0 aliphatic rings. The standard InChI is InChI=1S/C15H14FN3O/c1-9-4-3-5-12-14(9)19(15(17)18-12)10-6-7-11(16)13(8-10)20-2/h3-8H,1-2H3,(H2,17,18). The maximum absolute atomic E-state index is 13.5. The van der Waals surface area contributed by atoms with Crippen molar-refractivity contribution < 1.29 is 9.13 Å². The number of nitrogens with zero attached hydrogens (tertiary/aromatic N) is 2. The second-order valence-corrected chi connectivity index (χ2v) is 4.57. The lowest BCUT2D eigenvalue weighted by Gasteiger charge is -2.10. The van der Waals surface area contributed by atoms with Crippen LogP contribution >= 0.6 is 0 Å². The molecule has 5 heteroatoms. The zero-order valence-corrected chi connectivity index (χ0v) is 11.2. The first kappa shape index (κ1) is 12.5. The number of nitrogens with two attached hydrogens (primary N) is 1. The van der Waals surface area contributed by atoms with Crippen LogP contribution in [0.4, 0.5) is 10.3 Å². The minimum atomic E-state index is -0.407. The lowest BCUT2D eigenvalue weighted by molar-refractivity contribution is 0.386. The molecule has 2 aromatic carbocycles. The Bertz CT molecular complexity index is 795. The molecular weight excluding hydrogens is 257 g/mol. The molecule has 0 aliphatic carbocycles. The van der Waals surface area contributed by atoms with Crippen molar-refractivity contribution in [3.63, 3.8) is 0 Å². The van der Waals surface area contributed by atoms with Gasteiger partial charge in [0.05, 0.1) is 23.8 Å². The van der Waals surface area contributed by atoms with Crippen LogP contribution < -0.4 is 10.5 Å². The minimum Gasteiger partial charge on any atom is -0.494 e. The fourth-order valence-electron chi connectivity index (χ4n) is 2.36. The first-order valence-electron chi connectivity index (χ1n) is 6.19. The molecule has 1 aromatic heterocycles. The highest BCUT2D eigenvalue weighted by Crippen LogP contribution is 2.28. The Balaban J connectivity index is 2.32. The summed E-state index contributed by atoms with van der Waals surface area (Å²) in [6.07, 6.45) is 0. The molecule has 0 fully saturated rings. The number of ether oxygens (including phenoxy) is 1. The van der Waals surface area contributed by atoms with E-state index in [0.29, 0.717) is 5.95 Å². The van der Waals surface area contributed by atoms with Crippen molar-refractivity contribution in [1.82, 2.24) is 9.55 Å². The first-order valence-corrected chi connectivity index (χ1v) is 6.19. The molecule has 3 aromatic rings. The summed E-state index contributed by atoms with van der Waals surface area (Å²) in [6.45, 7) is 1.99. The number of benzene rings is 2. The molecule has 0 atom stereocenters. The van der Waals surface area contributed by atoms with E-state index in [1.54, 1.807) is 16.7 Å². The van der Waals surface area contributed by atoms with Crippen molar-refractivity contribution in [2.75, 3.05) is 12.8 Å². The van der Waals surface area contributed by atoms with Gasteiger partial charge in [-0.15, -0.1) is 0 Å². The molecule has 3 rings (SSSR count). The average molecular weight is 271 g/mol. The molecular formula is C15H14FN3O. The second-order valence-electron chi connectivity index (χ2n) is 4.57. The predicted octanol–water partition coefficient (Wildman–Crippen LogP) is 3.06. The quantitative estimate of drug-likeness (QED) is 0.779. The summed E-state index contributed by atoms with van der Waals surface area (Å²) in [5, 5.41) is 0. The van der Waals surface area contributed by atoms with Crippen LogP contribution in [0.15, 0.2) is 36.4 Å². The van der Waals surface area contributed by atoms with E-state index in [0.717, 1.165) is 22.3 Å². The summed E-state index contributed by atoms with van der Waals surface area (Å²) in [5.41, 5.74) is 9.50. The summed E-state index contributed by atoms with van der Waals surface area (Å²) in [6, 6.07) is 10.4. The number of nitrogen functional groups attached to an aromatic ring is 1. The van der Waals surface area contributed by atoms with Gasteiger partial charge < -0.3 is 10.5 Å². The maximum atomic E-state index is 13.5. The third-order valence-corrected chi connectivity index (χ3v) is 3.30. The Labute approximate surface area is 115 Å². The average Bonchev–Trinajstić information content (AvgIpc) is 2.77. The third kappa shape index (κ3) is 1.79. The highest BCUT2D eigenvalue weighted by atomic mass is 19.1. The predicted molar refractivity (Wildman–Crippen MR) is 76.7 cm³/mol. The van der Waals surface area contributed by atoms with Crippen molar-refractivity contribution in [3.05, 3.63) is 47.8 Å². The van der Waals surface area contributed by atoms with Crippen molar-refractivity contribution in [2.24, 2.45) is 0 Å². The molecule has 0 saturated heterocycles. The van der Waals surface area contributed by atoms with Gasteiger partial charge in [0, 0.05) is 6.07 Å². The van der Waals surface area contributed by atoms with Gasteiger partial charge in [0.15, 0.2) is 11.6 Å². The van der Waals surface area contributed by atoms with Crippen LogP contribution in [0.2, 0.25) is 0 Å². The molecule has 0 amide bonds. The summed E-state index contributed by atoms with van der Waals surface area (Å²) in [4.78, 5) is 4.33. The van der Waals surface area contributed by atoms with Crippen LogP contribution in [0.25, 0.3) is 16.7 Å². The number of aryl methyl sites for hydroxylation is 1. The van der Waals surface area contributed by atoms with Crippen molar-refractivity contribution in [2.45, 2.75) is 6.92 Å². The number of imidazole rings is 1. The number of aromatic nitrogens is 2. The zero-order valence-electron chi connectivity index (χ0n) is 11.2. The van der Waals surface area contributed by atoms with E-state index in [9.17, 15) is 4.39 Å². The highest BCUT2D eigenvalue weighted by Gasteiger charge is 2.13. The maximum Gasteiger partial charge on any atom is 0.205 e. The van der Waals surface area contributed by atoms with Gasteiger partial charge in [-0.1, -0.05) is 12.1 Å². The van der Waals surface area contributed by atoms with Crippen LogP contribution in [0.5, 0.6) is 5.75 Å². The summed E-state index contributed by atoms with van der Waals surface area (Å²) >= 11 is 0. The molecule has 1 heterocycles. The van der Waals surface area contributed by atoms with Gasteiger partial charge >= 0.3 is 0 Å². The van der Waals surface area contributed by atoms with E-state index in [1.165, 1.54) is 13.2 Å². The van der Waals surface area contributed by atoms with Crippen molar-refractivity contribution in [1.29, 1.82) is 0 Å². The second kappa shape index (κ2) is 4.52. The largest absolute Gasteiger partial charge is 0.494 e. The number of para-hydroxylation sites is 1. The Kier molecular flexibility index (Phi) is 2.82. The normalized spacial score (nSPS) is 10.9. The third-order valence-electron chi connectivity index (χ3n) is 3.30. The Morgan fingerprint density at radius 3 is 2.80 bits per heavy atom. The van der Waals surface area contributed by atoms with Gasteiger partial charge in [-0.25, -0.2) is 9.37 Å². The number of hydrogen-bond donors (Lipinski definition) is 1. The van der Waals surface area contributed by atoms with E-state index in [1.807, 2.05) is 25.1 Å². The van der Waals surface area contributed by atoms with Gasteiger partial charge in [0.25, 0.3) is 0 Å². The molecule has 102 valence electrons. The molecule has 0 aliphatic heterocycles. The fourth-order valence-corrected chi connectivity index (χ4v) is 2.36. The molecule has 0 saturated carbocycles. The first-order chi connectivity index (χ1) is 9.61. The van der Waals surface area contributed by atoms with Gasteiger partial charge in [-0.3, -0.25) is 4.57 Å². The number of anilines is 1. The molecule has 0 spiro atoms. The van der Waals surface area contributed by atoms with E-state index < -0.39 is 5.82 Å². The number of halogens is 1. The van der Waals surface area contributed by atoms with Gasteiger partial charge in [-0.2, -0.15) is 0 Å². The summed E-state index contributed by atoms with van der Waals surface area (Å²) in [7, 11) is 1.43. The molecule has 0 radical (unpaired) electrons. The number of rotatable bonds is 2. The number of methoxy groups -OCH3 is 1.